The monoisotopic (exact) mass is 419 g/mol. The van der Waals surface area contributed by atoms with Crippen molar-refractivity contribution in [3.8, 4) is 11.8 Å². The Hall–Kier alpha value is -3.82. The Labute approximate surface area is 179 Å². The van der Waals surface area contributed by atoms with Crippen LogP contribution in [-0.2, 0) is 11.2 Å². The van der Waals surface area contributed by atoms with Gasteiger partial charge in [-0.2, -0.15) is 5.26 Å². The van der Waals surface area contributed by atoms with E-state index in [1.54, 1.807) is 72.8 Å². The number of hydrogen-bond acceptors (Lipinski definition) is 4. The summed E-state index contributed by atoms with van der Waals surface area (Å²) in [6, 6.07) is 22.4. The fraction of sp³-hybridized carbons (Fsp3) is 0.0870. The molecule has 3 aromatic carbocycles. The van der Waals surface area contributed by atoms with Crippen molar-refractivity contribution < 1.29 is 14.3 Å². The van der Waals surface area contributed by atoms with Gasteiger partial charge in [0, 0.05) is 10.6 Å². The maximum Gasteiger partial charge on any atom is 0.262 e. The largest absolute Gasteiger partial charge is 0.484 e. The summed E-state index contributed by atoms with van der Waals surface area (Å²) in [5.74, 6) is -0.164. The molecule has 150 valence electrons. The number of nitrogens with zero attached hydrogens (tertiary/aromatic N) is 1. The van der Waals surface area contributed by atoms with E-state index in [2.05, 4.69) is 16.7 Å². The number of rotatable bonds is 7. The standard InChI is InChI=1S/C23H18ClN3O3/c24-18-9-7-17(8-10-18)23(29)27-21-4-2-1-3-20(21)26-22(28)15-30-19-11-5-16(6-12-19)13-14-25/h1-12H,13,15H2,(H,26,28)(H,27,29). The number of hydrogen-bond donors (Lipinski definition) is 2. The van der Waals surface area contributed by atoms with E-state index >= 15 is 0 Å². The molecule has 0 saturated heterocycles. The number of carbonyl (C=O) groups is 2. The molecule has 0 spiro atoms. The van der Waals surface area contributed by atoms with Crippen LogP contribution in [0.15, 0.2) is 72.8 Å². The predicted octanol–water partition coefficient (Wildman–Crippen LogP) is 4.68. The molecular weight excluding hydrogens is 402 g/mol. The van der Waals surface area contributed by atoms with Crippen LogP contribution in [0.3, 0.4) is 0 Å². The quantitative estimate of drug-likeness (QED) is 0.581. The maximum atomic E-state index is 12.4. The number of para-hydroxylation sites is 2. The van der Waals surface area contributed by atoms with Crippen molar-refractivity contribution in [2.45, 2.75) is 6.42 Å². The van der Waals surface area contributed by atoms with Crippen molar-refractivity contribution in [1.82, 2.24) is 0 Å². The number of halogens is 1. The highest BCUT2D eigenvalue weighted by Gasteiger charge is 2.11. The summed E-state index contributed by atoms with van der Waals surface area (Å²) in [7, 11) is 0. The highest BCUT2D eigenvalue weighted by Crippen LogP contribution is 2.22. The predicted molar refractivity (Wildman–Crippen MR) is 116 cm³/mol. The second-order valence-electron chi connectivity index (χ2n) is 6.32. The van der Waals surface area contributed by atoms with Crippen LogP contribution >= 0.6 is 11.6 Å². The summed E-state index contributed by atoms with van der Waals surface area (Å²) in [5, 5.41) is 14.7. The lowest BCUT2D eigenvalue weighted by molar-refractivity contribution is -0.118. The molecule has 2 amide bonds. The molecule has 0 radical (unpaired) electrons. The van der Waals surface area contributed by atoms with E-state index in [0.29, 0.717) is 34.1 Å². The van der Waals surface area contributed by atoms with Gasteiger partial charge in [0.05, 0.1) is 23.9 Å². The minimum atomic E-state index is -0.371. The van der Waals surface area contributed by atoms with Crippen LogP contribution in [0, 0.1) is 11.3 Å². The SMILES string of the molecule is N#CCc1ccc(OCC(=O)Nc2ccccc2NC(=O)c2ccc(Cl)cc2)cc1. The number of ether oxygens (including phenoxy) is 1. The van der Waals surface area contributed by atoms with E-state index in [9.17, 15) is 9.59 Å². The summed E-state index contributed by atoms with van der Waals surface area (Å²) >= 11 is 5.85. The summed E-state index contributed by atoms with van der Waals surface area (Å²) in [6.45, 7) is -0.197. The van der Waals surface area contributed by atoms with Gasteiger partial charge in [-0.15, -0.1) is 0 Å². The molecule has 0 aromatic heterocycles. The summed E-state index contributed by atoms with van der Waals surface area (Å²) < 4.78 is 5.48. The molecule has 0 bridgehead atoms. The van der Waals surface area contributed by atoms with Gasteiger partial charge in [0.15, 0.2) is 6.61 Å². The Bertz CT molecular complexity index is 1070. The topological polar surface area (TPSA) is 91.2 Å². The first-order chi connectivity index (χ1) is 14.5. The van der Waals surface area contributed by atoms with Gasteiger partial charge in [0.2, 0.25) is 0 Å². The zero-order valence-electron chi connectivity index (χ0n) is 15.9. The van der Waals surface area contributed by atoms with Gasteiger partial charge in [-0.05, 0) is 54.1 Å². The van der Waals surface area contributed by atoms with Crippen molar-refractivity contribution in [3.63, 3.8) is 0 Å². The molecule has 0 atom stereocenters. The molecule has 0 aliphatic rings. The number of benzene rings is 3. The number of nitriles is 1. The van der Waals surface area contributed by atoms with Gasteiger partial charge in [-0.25, -0.2) is 0 Å². The van der Waals surface area contributed by atoms with Gasteiger partial charge in [0.25, 0.3) is 11.8 Å². The van der Waals surface area contributed by atoms with Crippen molar-refractivity contribution >= 4 is 34.8 Å². The smallest absolute Gasteiger partial charge is 0.262 e. The first-order valence-corrected chi connectivity index (χ1v) is 9.47. The lowest BCUT2D eigenvalue weighted by Crippen LogP contribution is -2.21. The Morgan fingerprint density at radius 3 is 2.17 bits per heavy atom. The highest BCUT2D eigenvalue weighted by molar-refractivity contribution is 6.30. The lowest BCUT2D eigenvalue weighted by atomic mass is 10.2. The summed E-state index contributed by atoms with van der Waals surface area (Å²) in [6.07, 6.45) is 0.319. The first kappa shape index (κ1) is 20.9. The van der Waals surface area contributed by atoms with Gasteiger partial charge >= 0.3 is 0 Å². The van der Waals surface area contributed by atoms with E-state index in [4.69, 9.17) is 21.6 Å². The summed E-state index contributed by atoms with van der Waals surface area (Å²) in [5.41, 5.74) is 2.24. The third-order valence-electron chi connectivity index (χ3n) is 4.13. The lowest BCUT2D eigenvalue weighted by Gasteiger charge is -2.13. The number of anilines is 2. The third-order valence-corrected chi connectivity index (χ3v) is 4.38. The van der Waals surface area contributed by atoms with Crippen LogP contribution in [0.5, 0.6) is 5.75 Å². The molecule has 30 heavy (non-hydrogen) atoms. The van der Waals surface area contributed by atoms with E-state index in [1.807, 2.05) is 0 Å². The average molecular weight is 420 g/mol. The number of nitrogens with one attached hydrogen (secondary N) is 2. The molecule has 6 nitrogen and oxygen atoms in total. The Morgan fingerprint density at radius 1 is 0.900 bits per heavy atom. The zero-order chi connectivity index (χ0) is 21.3. The molecule has 0 fully saturated rings. The molecule has 0 saturated carbocycles. The number of amides is 2. The maximum absolute atomic E-state index is 12.4. The molecule has 2 N–H and O–H groups in total. The van der Waals surface area contributed by atoms with Crippen LogP contribution in [-0.4, -0.2) is 18.4 Å². The van der Waals surface area contributed by atoms with Crippen LogP contribution < -0.4 is 15.4 Å². The van der Waals surface area contributed by atoms with Gasteiger partial charge in [0.1, 0.15) is 5.75 Å². The molecule has 0 unspecified atom stereocenters. The Balaban J connectivity index is 1.59. The first-order valence-electron chi connectivity index (χ1n) is 9.09. The summed E-state index contributed by atoms with van der Waals surface area (Å²) in [4.78, 5) is 24.7. The van der Waals surface area contributed by atoms with Crippen molar-refractivity contribution in [3.05, 3.63) is 88.9 Å². The molecular formula is C23H18ClN3O3. The molecule has 3 rings (SSSR count). The minimum Gasteiger partial charge on any atom is -0.484 e. The van der Waals surface area contributed by atoms with Crippen molar-refractivity contribution in [2.75, 3.05) is 17.2 Å². The van der Waals surface area contributed by atoms with Gasteiger partial charge in [-0.1, -0.05) is 35.9 Å². The van der Waals surface area contributed by atoms with Crippen LogP contribution in [0.1, 0.15) is 15.9 Å². The van der Waals surface area contributed by atoms with Gasteiger partial charge < -0.3 is 15.4 Å². The second kappa shape index (κ2) is 10.1. The fourth-order valence-corrected chi connectivity index (χ4v) is 2.75. The minimum absolute atomic E-state index is 0.197. The van der Waals surface area contributed by atoms with E-state index in [-0.39, 0.29) is 18.4 Å². The highest BCUT2D eigenvalue weighted by atomic mass is 35.5. The molecule has 0 aliphatic carbocycles. The van der Waals surface area contributed by atoms with Crippen LogP contribution in [0.25, 0.3) is 0 Å². The molecule has 3 aromatic rings. The Kier molecular flexibility index (Phi) is 7.04. The van der Waals surface area contributed by atoms with Crippen molar-refractivity contribution in [2.24, 2.45) is 0 Å². The van der Waals surface area contributed by atoms with E-state index in [0.717, 1.165) is 5.56 Å². The second-order valence-corrected chi connectivity index (χ2v) is 6.76. The van der Waals surface area contributed by atoms with E-state index in [1.165, 1.54) is 0 Å². The fourth-order valence-electron chi connectivity index (χ4n) is 2.63. The average Bonchev–Trinajstić information content (AvgIpc) is 2.75. The molecule has 7 heteroatoms. The zero-order valence-corrected chi connectivity index (χ0v) is 16.6. The van der Waals surface area contributed by atoms with Crippen LogP contribution in [0.2, 0.25) is 5.02 Å². The van der Waals surface area contributed by atoms with E-state index < -0.39 is 0 Å². The number of carbonyl (C=O) groups excluding carboxylic acids is 2. The van der Waals surface area contributed by atoms with Crippen molar-refractivity contribution in [1.29, 1.82) is 5.26 Å². The molecule has 0 aliphatic heterocycles. The molecule has 0 heterocycles. The Morgan fingerprint density at radius 2 is 1.53 bits per heavy atom. The normalized spacial score (nSPS) is 10.0. The third kappa shape index (κ3) is 5.84. The van der Waals surface area contributed by atoms with Gasteiger partial charge in [-0.3, -0.25) is 9.59 Å². The van der Waals surface area contributed by atoms with Crippen LogP contribution in [0.4, 0.5) is 11.4 Å².